The van der Waals surface area contributed by atoms with Crippen molar-refractivity contribution in [1.29, 1.82) is 0 Å². The van der Waals surface area contributed by atoms with Gasteiger partial charge in [-0.05, 0) is 55.1 Å². The summed E-state index contributed by atoms with van der Waals surface area (Å²) in [6.45, 7) is 9.30. The first-order valence-electron chi connectivity index (χ1n) is 7.20. The van der Waals surface area contributed by atoms with Gasteiger partial charge >= 0.3 is 0 Å². The van der Waals surface area contributed by atoms with Crippen molar-refractivity contribution in [3.05, 3.63) is 35.1 Å². The number of hydrogen-bond donors (Lipinski definition) is 1. The molecule has 1 aromatic heterocycles. The van der Waals surface area contributed by atoms with Crippen molar-refractivity contribution < 1.29 is 9.21 Å². The van der Waals surface area contributed by atoms with E-state index in [1.54, 1.807) is 11.9 Å². The van der Waals surface area contributed by atoms with Crippen molar-refractivity contribution in [3.63, 3.8) is 0 Å². The Kier molecular flexibility index (Phi) is 4.10. The third-order valence-electron chi connectivity index (χ3n) is 3.91. The lowest BCUT2D eigenvalue weighted by Crippen LogP contribution is -2.39. The average molecular weight is 288 g/mol. The van der Waals surface area contributed by atoms with E-state index in [9.17, 15) is 4.79 Å². The fraction of sp³-hybridized carbons (Fsp3) is 0.471. The molecule has 0 bridgehead atoms. The van der Waals surface area contributed by atoms with Crippen LogP contribution in [0.2, 0.25) is 0 Å². The van der Waals surface area contributed by atoms with Gasteiger partial charge in [0.15, 0.2) is 5.76 Å². The molecule has 4 heteroatoms. The minimum absolute atomic E-state index is 0.108. The van der Waals surface area contributed by atoms with E-state index in [2.05, 4.69) is 13.0 Å². The van der Waals surface area contributed by atoms with Crippen LogP contribution in [0.4, 0.5) is 0 Å². The van der Waals surface area contributed by atoms with Gasteiger partial charge in [-0.2, -0.15) is 0 Å². The smallest absolute Gasteiger partial charge is 0.289 e. The Morgan fingerprint density at radius 3 is 2.48 bits per heavy atom. The van der Waals surface area contributed by atoms with Crippen molar-refractivity contribution in [2.75, 3.05) is 20.1 Å². The van der Waals surface area contributed by atoms with Crippen molar-refractivity contribution >= 4 is 16.9 Å². The van der Waals surface area contributed by atoms with Crippen LogP contribution in [0.25, 0.3) is 11.0 Å². The van der Waals surface area contributed by atoms with Crippen molar-refractivity contribution in [3.8, 4) is 0 Å². The highest BCUT2D eigenvalue weighted by molar-refractivity contribution is 5.96. The number of carbonyl (C=O) groups excluding carboxylic acids is 1. The van der Waals surface area contributed by atoms with Gasteiger partial charge in [-0.15, -0.1) is 0 Å². The molecular formula is C17H24N2O2. The molecule has 0 spiro atoms. The van der Waals surface area contributed by atoms with E-state index < -0.39 is 0 Å². The van der Waals surface area contributed by atoms with Crippen LogP contribution in [0.1, 0.15) is 35.5 Å². The maximum atomic E-state index is 12.5. The summed E-state index contributed by atoms with van der Waals surface area (Å²) in [6, 6.07) is 5.84. The fourth-order valence-electron chi connectivity index (χ4n) is 2.37. The van der Waals surface area contributed by atoms with Crippen LogP contribution in [-0.2, 0) is 0 Å². The highest BCUT2D eigenvalue weighted by Crippen LogP contribution is 2.24. The molecule has 0 saturated carbocycles. The number of fused-ring (bicyclic) bond motifs is 1. The molecule has 1 amide bonds. The highest BCUT2D eigenvalue weighted by Gasteiger charge is 2.24. The summed E-state index contributed by atoms with van der Waals surface area (Å²) >= 11 is 0. The SMILES string of the molecule is Cc1cc2cc(C(=O)N(C)CC(C)(C)CN)oc2cc1C. The Morgan fingerprint density at radius 1 is 1.24 bits per heavy atom. The number of hydrogen-bond acceptors (Lipinski definition) is 3. The molecule has 114 valence electrons. The van der Waals surface area contributed by atoms with Gasteiger partial charge in [-0.1, -0.05) is 13.8 Å². The Bertz CT molecular complexity index is 632. The molecule has 0 aliphatic heterocycles. The lowest BCUT2D eigenvalue weighted by molar-refractivity contribution is 0.0711. The first-order chi connectivity index (χ1) is 9.73. The predicted molar refractivity (Wildman–Crippen MR) is 85.5 cm³/mol. The molecule has 1 aromatic carbocycles. The van der Waals surface area contributed by atoms with Crippen LogP contribution in [0.15, 0.2) is 22.6 Å². The summed E-state index contributed by atoms with van der Waals surface area (Å²) in [5.74, 6) is 0.272. The van der Waals surface area contributed by atoms with Gasteiger partial charge in [0.2, 0.25) is 0 Å². The number of aryl methyl sites for hydroxylation is 2. The second-order valence-electron chi connectivity index (χ2n) is 6.61. The molecule has 0 atom stereocenters. The molecule has 1 heterocycles. The molecule has 0 radical (unpaired) electrons. The van der Waals surface area contributed by atoms with E-state index in [-0.39, 0.29) is 11.3 Å². The number of amides is 1. The van der Waals surface area contributed by atoms with E-state index in [4.69, 9.17) is 10.2 Å². The molecule has 0 unspecified atom stereocenters. The topological polar surface area (TPSA) is 59.5 Å². The van der Waals surface area contributed by atoms with Crippen LogP contribution in [0.5, 0.6) is 0 Å². The molecule has 2 aromatic rings. The number of rotatable bonds is 4. The van der Waals surface area contributed by atoms with Gasteiger partial charge in [0.25, 0.3) is 5.91 Å². The van der Waals surface area contributed by atoms with Crippen LogP contribution in [-0.4, -0.2) is 30.9 Å². The average Bonchev–Trinajstić information content (AvgIpc) is 2.80. The maximum absolute atomic E-state index is 12.5. The number of nitrogens with zero attached hydrogens (tertiary/aromatic N) is 1. The zero-order valence-corrected chi connectivity index (χ0v) is 13.5. The molecule has 0 fully saturated rings. The molecule has 2 N–H and O–H groups in total. The van der Waals surface area contributed by atoms with Crippen molar-refractivity contribution in [2.45, 2.75) is 27.7 Å². The molecule has 0 aliphatic rings. The minimum Gasteiger partial charge on any atom is -0.451 e. The summed E-state index contributed by atoms with van der Waals surface area (Å²) in [6.07, 6.45) is 0. The summed E-state index contributed by atoms with van der Waals surface area (Å²) in [4.78, 5) is 14.1. The predicted octanol–water partition coefficient (Wildman–Crippen LogP) is 3.11. The third-order valence-corrected chi connectivity index (χ3v) is 3.91. The normalized spacial score (nSPS) is 11.9. The summed E-state index contributed by atoms with van der Waals surface area (Å²) in [5.41, 5.74) is 8.73. The summed E-state index contributed by atoms with van der Waals surface area (Å²) in [5, 5.41) is 0.966. The molecule has 2 rings (SSSR count). The Balaban J connectivity index is 2.27. The Morgan fingerprint density at radius 2 is 1.86 bits per heavy atom. The van der Waals surface area contributed by atoms with Crippen LogP contribution in [0, 0.1) is 19.3 Å². The third kappa shape index (κ3) is 3.27. The van der Waals surface area contributed by atoms with E-state index >= 15 is 0 Å². The Hall–Kier alpha value is -1.81. The van der Waals surface area contributed by atoms with Gasteiger partial charge in [-0.3, -0.25) is 4.79 Å². The number of benzene rings is 1. The van der Waals surface area contributed by atoms with Crippen molar-refractivity contribution in [1.82, 2.24) is 4.90 Å². The number of carbonyl (C=O) groups is 1. The monoisotopic (exact) mass is 288 g/mol. The van der Waals surface area contributed by atoms with Crippen LogP contribution < -0.4 is 5.73 Å². The lowest BCUT2D eigenvalue weighted by atomic mass is 9.93. The molecular weight excluding hydrogens is 264 g/mol. The number of nitrogens with two attached hydrogens (primary N) is 1. The van der Waals surface area contributed by atoms with Crippen LogP contribution in [0.3, 0.4) is 0 Å². The van der Waals surface area contributed by atoms with Crippen molar-refractivity contribution in [2.24, 2.45) is 11.1 Å². The molecule has 21 heavy (non-hydrogen) atoms. The second-order valence-corrected chi connectivity index (χ2v) is 6.61. The van der Waals surface area contributed by atoms with Gasteiger partial charge in [0, 0.05) is 19.0 Å². The molecule has 0 aliphatic carbocycles. The van der Waals surface area contributed by atoms with E-state index in [1.807, 2.05) is 32.9 Å². The van der Waals surface area contributed by atoms with E-state index in [0.717, 1.165) is 16.5 Å². The molecule has 0 saturated heterocycles. The first-order valence-corrected chi connectivity index (χ1v) is 7.20. The maximum Gasteiger partial charge on any atom is 0.289 e. The van der Waals surface area contributed by atoms with Gasteiger partial charge in [0.05, 0.1) is 0 Å². The Labute approximate surface area is 125 Å². The van der Waals surface area contributed by atoms with Crippen LogP contribution >= 0.6 is 0 Å². The second kappa shape index (κ2) is 5.53. The summed E-state index contributed by atoms with van der Waals surface area (Å²) < 4.78 is 5.71. The standard InChI is InChI=1S/C17H24N2O2/c1-11-6-13-8-15(21-14(13)7-12(11)2)16(20)19(5)10-17(3,4)9-18/h6-8H,9-10,18H2,1-5H3. The van der Waals surface area contributed by atoms with Gasteiger partial charge in [-0.25, -0.2) is 0 Å². The van der Waals surface area contributed by atoms with Gasteiger partial charge in [0.1, 0.15) is 5.58 Å². The number of furan rings is 1. The largest absolute Gasteiger partial charge is 0.451 e. The minimum atomic E-state index is -0.108. The zero-order valence-electron chi connectivity index (χ0n) is 13.5. The molecule has 4 nitrogen and oxygen atoms in total. The first kappa shape index (κ1) is 15.6. The highest BCUT2D eigenvalue weighted by atomic mass is 16.3. The zero-order chi connectivity index (χ0) is 15.8. The van der Waals surface area contributed by atoms with E-state index in [0.29, 0.717) is 18.8 Å². The quantitative estimate of drug-likeness (QED) is 0.940. The summed E-state index contributed by atoms with van der Waals surface area (Å²) in [7, 11) is 1.78. The van der Waals surface area contributed by atoms with E-state index in [1.165, 1.54) is 5.56 Å². The lowest BCUT2D eigenvalue weighted by Gasteiger charge is -2.28. The fourth-order valence-corrected chi connectivity index (χ4v) is 2.37. The van der Waals surface area contributed by atoms with Gasteiger partial charge < -0.3 is 15.1 Å².